The zero-order valence-corrected chi connectivity index (χ0v) is 49.2. The number of amides is 11. The molecular weight excluding hydrogens is 1190 g/mol. The average molecular weight is 1270 g/mol. The van der Waals surface area contributed by atoms with Crippen LogP contribution in [0.15, 0.2) is 40.3 Å². The van der Waals surface area contributed by atoms with Crippen molar-refractivity contribution in [2.75, 3.05) is 64.0 Å². The second-order valence-electron chi connectivity index (χ2n) is 18.9. The van der Waals surface area contributed by atoms with Gasteiger partial charge in [-0.2, -0.15) is 25.3 Å². The van der Waals surface area contributed by atoms with Crippen LogP contribution in [0.4, 0.5) is 0 Å². The first-order valence-electron chi connectivity index (χ1n) is 26.9. The third-order valence-corrected chi connectivity index (χ3v) is 12.7. The van der Waals surface area contributed by atoms with E-state index in [0.717, 1.165) is 0 Å². The summed E-state index contributed by atoms with van der Waals surface area (Å²) in [7, 11) is 0. The van der Waals surface area contributed by atoms with Gasteiger partial charge in [-0.3, -0.25) is 67.5 Å². The molecular formula is C49H81N19O17S2. The Balaban J connectivity index is 3.23. The minimum Gasteiger partial charge on any atom is -0.481 e. The van der Waals surface area contributed by atoms with Gasteiger partial charge in [-0.25, -0.2) is 4.79 Å². The fourth-order valence-electron chi connectivity index (χ4n) is 7.47. The molecule has 87 heavy (non-hydrogen) atoms. The Morgan fingerprint density at radius 1 is 0.448 bits per heavy atom. The van der Waals surface area contributed by atoms with Gasteiger partial charge in [-0.05, 0) is 57.1 Å². The number of nitrogens with two attached hydrogens (primary N) is 6. The van der Waals surface area contributed by atoms with Crippen molar-refractivity contribution in [1.29, 1.82) is 0 Å². The molecule has 11 amide bonds. The summed E-state index contributed by atoms with van der Waals surface area (Å²) in [5, 5.41) is 64.7. The van der Waals surface area contributed by atoms with Crippen LogP contribution in [-0.2, 0) is 68.7 Å². The van der Waals surface area contributed by atoms with Gasteiger partial charge in [0, 0.05) is 31.0 Å². The summed E-state index contributed by atoms with van der Waals surface area (Å²) in [5.74, 6) is -15.4. The van der Waals surface area contributed by atoms with Crippen molar-refractivity contribution in [3.63, 3.8) is 0 Å². The van der Waals surface area contributed by atoms with Gasteiger partial charge in [0.15, 0.2) is 11.9 Å². The third kappa shape index (κ3) is 31.4. The Morgan fingerprint density at radius 2 is 0.828 bits per heavy atom. The highest BCUT2D eigenvalue weighted by molar-refractivity contribution is 7.80. The standard InChI is InChI=1S/C49H81N19O17S2/c50-13-5-4-10-28(47(84)85)64-41(78)27(12-7-15-57-49(54)55)60-36(72)19-58-39(76)26(11-6-14-56-48(52)53)63-43(80)31(21-69)66-44(81)32(22-70)67-46(83)34(24-87)68-42(79)29(16-25-8-2-1-3-9-25)61-37(73)20-59-40(77)30(17-38(74)75)65-45(82)33(23-86)62-35(71)18-51/h1-3,8-9,26-34,69-70,86-87H,4-7,10-24,50-51H2,(H,58,76)(H,59,77)(H,60,72)(H,61,73)(H,62,71)(H,63,80)(H,64,78)(H,65,82)(H,66,81)(H,67,83)(H,68,79)(H,74,75)(H,84,85)(H4,52,53,56)(H4,54,55,57)/t26-,27-,28-,29-,30-,31-,32-,33-,34-/m0/s1. The first-order chi connectivity index (χ1) is 41.2. The molecule has 0 radical (unpaired) electrons. The van der Waals surface area contributed by atoms with Crippen molar-refractivity contribution >= 4 is 114 Å². The molecule has 0 aliphatic carbocycles. The topological polar surface area (TPSA) is 616 Å². The number of nitrogens with zero attached hydrogens (tertiary/aromatic N) is 2. The van der Waals surface area contributed by atoms with E-state index in [1.165, 1.54) is 0 Å². The van der Waals surface area contributed by atoms with Gasteiger partial charge in [0.05, 0.1) is 39.3 Å². The first-order valence-corrected chi connectivity index (χ1v) is 28.2. The second kappa shape index (κ2) is 42.3. The number of nitrogens with one attached hydrogen (secondary N) is 11. The maximum atomic E-state index is 13.8. The van der Waals surface area contributed by atoms with Crippen LogP contribution in [0.25, 0.3) is 0 Å². The lowest BCUT2D eigenvalue weighted by atomic mass is 10.0. The number of carboxylic acids is 2. The highest BCUT2D eigenvalue weighted by atomic mass is 32.1. The fourth-order valence-corrected chi connectivity index (χ4v) is 7.99. The molecule has 38 heteroatoms. The maximum Gasteiger partial charge on any atom is 0.326 e. The Labute approximate surface area is 510 Å². The largest absolute Gasteiger partial charge is 0.481 e. The molecule has 0 heterocycles. The van der Waals surface area contributed by atoms with E-state index in [-0.39, 0.29) is 75.8 Å². The molecule has 0 saturated carbocycles. The van der Waals surface area contributed by atoms with Gasteiger partial charge in [-0.15, -0.1) is 0 Å². The quantitative estimate of drug-likeness (QED) is 0.0125. The number of aliphatic hydroxyl groups excluding tert-OH is 2. The van der Waals surface area contributed by atoms with Crippen LogP contribution in [0.5, 0.6) is 0 Å². The molecule has 0 unspecified atom stereocenters. The van der Waals surface area contributed by atoms with Crippen molar-refractivity contribution in [2.24, 2.45) is 44.4 Å². The summed E-state index contributed by atoms with van der Waals surface area (Å²) in [5.41, 5.74) is 32.8. The number of benzene rings is 1. The predicted molar refractivity (Wildman–Crippen MR) is 317 cm³/mol. The van der Waals surface area contributed by atoms with Crippen molar-refractivity contribution in [3.05, 3.63) is 35.9 Å². The van der Waals surface area contributed by atoms with Gasteiger partial charge in [-0.1, -0.05) is 30.3 Å². The van der Waals surface area contributed by atoms with Gasteiger partial charge < -0.3 is 113 Å². The van der Waals surface area contributed by atoms with E-state index < -0.39 is 176 Å². The Hall–Kier alpha value is -8.59. The SMILES string of the molecule is NCCCC[C@H](NC(=O)[C@H](CCCN=C(N)N)NC(=O)CNC(=O)[C@H](CCCN=C(N)N)NC(=O)[C@H](CO)NC(=O)[C@H](CO)NC(=O)[C@H](CS)NC(=O)[C@H](Cc1ccccc1)NC(=O)CNC(=O)[C@H](CC(=O)O)NC(=O)[C@H](CS)NC(=O)CN)C(=O)O. The highest BCUT2D eigenvalue weighted by Crippen LogP contribution is 2.08. The number of aliphatic hydroxyl groups is 2. The molecule has 36 nitrogen and oxygen atoms in total. The number of hydrogen-bond acceptors (Lipinski definition) is 21. The summed E-state index contributed by atoms with van der Waals surface area (Å²) < 4.78 is 0. The molecule has 27 N–H and O–H groups in total. The summed E-state index contributed by atoms with van der Waals surface area (Å²) >= 11 is 8.11. The second-order valence-corrected chi connectivity index (χ2v) is 19.6. The minimum atomic E-state index is -1.88. The van der Waals surface area contributed by atoms with Crippen LogP contribution in [0.2, 0.25) is 0 Å². The third-order valence-electron chi connectivity index (χ3n) is 12.0. The number of rotatable bonds is 43. The van der Waals surface area contributed by atoms with E-state index in [2.05, 4.69) is 93.7 Å². The molecule has 0 aromatic heterocycles. The summed E-state index contributed by atoms with van der Waals surface area (Å²) in [6.07, 6.45) is -0.425. The van der Waals surface area contributed by atoms with Gasteiger partial charge in [0.25, 0.3) is 0 Å². The van der Waals surface area contributed by atoms with Crippen LogP contribution < -0.4 is 92.9 Å². The van der Waals surface area contributed by atoms with E-state index >= 15 is 0 Å². The molecule has 1 rings (SSSR count). The van der Waals surface area contributed by atoms with Gasteiger partial charge >= 0.3 is 11.9 Å². The number of unbranched alkanes of at least 4 members (excludes halogenated alkanes) is 1. The van der Waals surface area contributed by atoms with Crippen LogP contribution >= 0.6 is 25.3 Å². The van der Waals surface area contributed by atoms with E-state index in [1.54, 1.807) is 30.3 Å². The normalized spacial score (nSPS) is 13.8. The van der Waals surface area contributed by atoms with Gasteiger partial charge in [0.1, 0.15) is 54.4 Å². The van der Waals surface area contributed by atoms with Gasteiger partial charge in [0.2, 0.25) is 65.0 Å². The molecule has 1 aromatic carbocycles. The maximum absolute atomic E-state index is 13.8. The molecule has 0 fully saturated rings. The van der Waals surface area contributed by atoms with Crippen molar-refractivity contribution in [2.45, 2.75) is 112 Å². The smallest absolute Gasteiger partial charge is 0.326 e. The summed E-state index contributed by atoms with van der Waals surface area (Å²) in [4.78, 5) is 177. The number of aliphatic imine (C=N–C) groups is 2. The minimum absolute atomic E-state index is 0.0311. The van der Waals surface area contributed by atoms with Crippen LogP contribution in [0.3, 0.4) is 0 Å². The van der Waals surface area contributed by atoms with E-state index in [4.69, 9.17) is 34.4 Å². The Kier molecular flexibility index (Phi) is 37.1. The lowest BCUT2D eigenvalue weighted by Crippen LogP contribution is -2.61. The summed E-state index contributed by atoms with van der Waals surface area (Å²) in [6, 6.07) is -6.05. The first kappa shape index (κ1) is 76.4. The molecule has 0 spiro atoms. The molecule has 0 aliphatic heterocycles. The molecule has 0 bridgehead atoms. The number of carbonyl (C=O) groups excluding carboxylic acids is 11. The number of carbonyl (C=O) groups is 13. The number of thiol groups is 2. The Bertz CT molecular complexity index is 2550. The highest BCUT2D eigenvalue weighted by Gasteiger charge is 2.34. The predicted octanol–water partition coefficient (Wildman–Crippen LogP) is -10.6. The molecule has 1 aromatic rings. The monoisotopic (exact) mass is 1270 g/mol. The zero-order valence-electron chi connectivity index (χ0n) is 47.4. The zero-order chi connectivity index (χ0) is 65.6. The molecule has 9 atom stereocenters. The fraction of sp³-hybridized carbons (Fsp3) is 0.571. The molecule has 0 aliphatic rings. The number of hydrogen-bond donors (Lipinski definition) is 23. The average Bonchev–Trinajstić information content (AvgIpc) is 3.61. The van der Waals surface area contributed by atoms with Crippen molar-refractivity contribution in [3.8, 4) is 0 Å². The van der Waals surface area contributed by atoms with E-state index in [0.29, 0.717) is 18.4 Å². The van der Waals surface area contributed by atoms with Crippen LogP contribution in [0, 0.1) is 0 Å². The van der Waals surface area contributed by atoms with Crippen molar-refractivity contribution < 1.29 is 82.8 Å². The Morgan fingerprint density at radius 3 is 1.28 bits per heavy atom. The number of aliphatic carboxylic acids is 2. The van der Waals surface area contributed by atoms with E-state index in [1.807, 2.05) is 0 Å². The molecule has 486 valence electrons. The summed E-state index contributed by atoms with van der Waals surface area (Å²) in [6.45, 7) is -4.18. The van der Waals surface area contributed by atoms with Crippen LogP contribution in [0.1, 0.15) is 56.9 Å². The van der Waals surface area contributed by atoms with Crippen LogP contribution in [-0.4, -0.2) is 228 Å². The van der Waals surface area contributed by atoms with Crippen molar-refractivity contribution in [1.82, 2.24) is 58.5 Å². The lowest BCUT2D eigenvalue weighted by Gasteiger charge is -2.26. The number of guanidine groups is 2. The number of carboxylic acid groups (broad SMARTS) is 2. The lowest BCUT2D eigenvalue weighted by molar-refractivity contribution is -0.142. The molecule has 0 saturated heterocycles. The van der Waals surface area contributed by atoms with E-state index in [9.17, 15) is 82.8 Å².